The molecule has 2 aliphatic carbocycles. The van der Waals surface area contributed by atoms with Gasteiger partial charge >= 0.3 is 18.0 Å². The topological polar surface area (TPSA) is 134 Å². The molecule has 49 heavy (non-hydrogen) atoms. The molecule has 3 N–H and O–H groups in total. The molecular weight excluding hydrogens is 622 g/mol. The van der Waals surface area contributed by atoms with Crippen LogP contribution in [0.2, 0.25) is 0 Å². The van der Waals surface area contributed by atoms with Crippen LogP contribution in [0, 0.1) is 35.0 Å². The Morgan fingerprint density at radius 1 is 0.878 bits per heavy atom. The Bertz CT molecular complexity index is 1310. The average Bonchev–Trinajstić information content (AvgIpc) is 3.06. The smallest absolute Gasteiger partial charge is 0.410 e. The van der Waals surface area contributed by atoms with Crippen molar-refractivity contribution in [1.29, 1.82) is 0 Å². The number of esters is 1. The number of carboxylic acid groups (broad SMARTS) is 1. The van der Waals surface area contributed by atoms with Crippen LogP contribution in [0.15, 0.2) is 60.7 Å². The maximum atomic E-state index is 14.1. The van der Waals surface area contributed by atoms with E-state index in [1.807, 2.05) is 81.4 Å². The first-order chi connectivity index (χ1) is 23.3. The zero-order chi connectivity index (χ0) is 35.7. The van der Waals surface area contributed by atoms with Gasteiger partial charge in [0.1, 0.15) is 12.2 Å². The van der Waals surface area contributed by atoms with Crippen LogP contribution in [-0.4, -0.2) is 62.7 Å². The highest BCUT2D eigenvalue weighted by atomic mass is 16.6. The Hall–Kier alpha value is -3.43. The Morgan fingerprint density at radius 3 is 2.02 bits per heavy atom. The highest BCUT2D eigenvalue weighted by Gasteiger charge is 2.53. The highest BCUT2D eigenvalue weighted by Crippen LogP contribution is 2.52. The Morgan fingerprint density at radius 2 is 1.47 bits per heavy atom. The van der Waals surface area contributed by atoms with Gasteiger partial charge in [-0.1, -0.05) is 87.9 Å². The second-order valence-electron chi connectivity index (χ2n) is 15.2. The summed E-state index contributed by atoms with van der Waals surface area (Å²) in [5, 5.41) is 30.0. The van der Waals surface area contributed by atoms with Crippen molar-refractivity contribution in [3.05, 3.63) is 71.8 Å². The lowest BCUT2D eigenvalue weighted by Crippen LogP contribution is -2.55. The van der Waals surface area contributed by atoms with E-state index in [2.05, 4.69) is 13.8 Å². The number of hydrogen-bond donors (Lipinski definition) is 3. The van der Waals surface area contributed by atoms with E-state index >= 15 is 0 Å². The van der Waals surface area contributed by atoms with E-state index < -0.39 is 30.0 Å². The van der Waals surface area contributed by atoms with E-state index in [9.17, 15) is 24.6 Å². The molecule has 2 fully saturated rings. The Labute approximate surface area is 292 Å². The molecule has 0 aliphatic heterocycles. The fraction of sp³-hybridized carbons (Fsp3) is 0.625. The normalized spacial score (nSPS) is 26.6. The van der Waals surface area contributed by atoms with Gasteiger partial charge in [0, 0.05) is 24.9 Å². The van der Waals surface area contributed by atoms with Gasteiger partial charge in [0.2, 0.25) is 0 Å². The molecule has 0 spiro atoms. The standard InChI is InChI=1S/C40H57NO8/c1-6-40(4,5)38(46)48-34-21-27(3)37(33-19-17-26(2)32(36(33)34)20-18-30(42)22-31(43)23-35(44)45)49-39(47)41(24-28-13-9-7-10-14-28)25-29-15-11-8-12-16-29/h7-16,26-27,30-34,36-37,42-43H,6,17-25H2,1-5H3,(H,44,45)/t26-,27+,30+,31+,32-,33+,34-,36+,37+/m0/s1. The number of hydrogen-bond acceptors (Lipinski definition) is 7. The van der Waals surface area contributed by atoms with Gasteiger partial charge in [-0.25, -0.2) is 4.79 Å². The molecule has 4 rings (SSSR count). The third-order valence-corrected chi connectivity index (χ3v) is 11.1. The van der Waals surface area contributed by atoms with Gasteiger partial charge < -0.3 is 24.8 Å². The summed E-state index contributed by atoms with van der Waals surface area (Å²) >= 11 is 0. The number of benzene rings is 2. The van der Waals surface area contributed by atoms with E-state index in [0.29, 0.717) is 38.8 Å². The van der Waals surface area contributed by atoms with Crippen LogP contribution >= 0.6 is 0 Å². The molecule has 0 bridgehead atoms. The lowest BCUT2D eigenvalue weighted by atomic mass is 9.57. The molecule has 0 saturated heterocycles. The van der Waals surface area contributed by atoms with Crippen LogP contribution in [0.25, 0.3) is 0 Å². The van der Waals surface area contributed by atoms with Crippen molar-refractivity contribution >= 4 is 18.0 Å². The molecule has 2 aromatic rings. The van der Waals surface area contributed by atoms with Gasteiger partial charge in [0.15, 0.2) is 0 Å². The lowest BCUT2D eigenvalue weighted by molar-refractivity contribution is -0.183. The number of aliphatic hydroxyl groups excluding tert-OH is 2. The van der Waals surface area contributed by atoms with Crippen molar-refractivity contribution < 1.29 is 39.2 Å². The summed E-state index contributed by atoms with van der Waals surface area (Å²) < 4.78 is 12.9. The van der Waals surface area contributed by atoms with Crippen molar-refractivity contribution in [3.8, 4) is 0 Å². The summed E-state index contributed by atoms with van der Waals surface area (Å²) in [4.78, 5) is 40.4. The zero-order valence-corrected chi connectivity index (χ0v) is 29.9. The van der Waals surface area contributed by atoms with E-state index in [4.69, 9.17) is 14.6 Å². The van der Waals surface area contributed by atoms with Crippen molar-refractivity contribution in [2.24, 2.45) is 35.0 Å². The molecule has 1 amide bonds. The van der Waals surface area contributed by atoms with Crippen LogP contribution in [0.1, 0.15) is 97.1 Å². The predicted octanol–water partition coefficient (Wildman–Crippen LogP) is 7.23. The minimum atomic E-state index is -1.12. The SMILES string of the molecule is CCC(C)(C)C(=O)O[C@H]1C[C@@H](C)[C@@H](OC(=O)N(Cc2ccccc2)Cc2ccccc2)[C@@H]2CC[C@H](C)[C@H](CC[C@@H](O)C[C@@H](O)CC(=O)O)[C@H]21. The molecule has 0 radical (unpaired) electrons. The molecule has 270 valence electrons. The van der Waals surface area contributed by atoms with E-state index in [-0.39, 0.29) is 60.3 Å². The first-order valence-electron chi connectivity index (χ1n) is 18.1. The summed E-state index contributed by atoms with van der Waals surface area (Å²) in [6.07, 6.45) is 0.431. The third kappa shape index (κ3) is 10.5. The fourth-order valence-electron chi connectivity index (χ4n) is 7.91. The van der Waals surface area contributed by atoms with Gasteiger partial charge in [-0.15, -0.1) is 0 Å². The zero-order valence-electron chi connectivity index (χ0n) is 29.9. The van der Waals surface area contributed by atoms with Crippen LogP contribution in [0.4, 0.5) is 4.79 Å². The van der Waals surface area contributed by atoms with Gasteiger partial charge in [-0.2, -0.15) is 0 Å². The maximum absolute atomic E-state index is 14.1. The largest absolute Gasteiger partial charge is 0.481 e. The van der Waals surface area contributed by atoms with Crippen molar-refractivity contribution in [1.82, 2.24) is 4.90 Å². The van der Waals surface area contributed by atoms with Gasteiger partial charge in [0.25, 0.3) is 0 Å². The second-order valence-corrected chi connectivity index (χ2v) is 15.2. The number of carbonyl (C=O) groups excluding carboxylic acids is 2. The molecule has 2 saturated carbocycles. The van der Waals surface area contributed by atoms with Crippen LogP contribution in [0.5, 0.6) is 0 Å². The summed E-state index contributed by atoms with van der Waals surface area (Å²) in [5.41, 5.74) is 1.38. The number of fused-ring (bicyclic) bond motifs is 1. The number of nitrogens with zero attached hydrogens (tertiary/aromatic N) is 1. The predicted molar refractivity (Wildman–Crippen MR) is 187 cm³/mol. The fourth-order valence-corrected chi connectivity index (χ4v) is 7.91. The van der Waals surface area contributed by atoms with Gasteiger partial charge in [0.05, 0.1) is 24.0 Å². The van der Waals surface area contributed by atoms with Crippen LogP contribution in [0.3, 0.4) is 0 Å². The third-order valence-electron chi connectivity index (χ3n) is 11.1. The molecule has 9 heteroatoms. The molecule has 2 aliphatic rings. The monoisotopic (exact) mass is 679 g/mol. The first kappa shape index (κ1) is 38.4. The highest BCUT2D eigenvalue weighted by molar-refractivity contribution is 5.76. The molecule has 0 heterocycles. The number of carboxylic acids is 1. The number of carbonyl (C=O) groups is 3. The second kappa shape index (κ2) is 17.5. The van der Waals surface area contributed by atoms with E-state index in [1.165, 1.54) is 0 Å². The molecule has 2 aromatic carbocycles. The molecule has 9 nitrogen and oxygen atoms in total. The number of ether oxygens (including phenoxy) is 2. The molecule has 0 unspecified atom stereocenters. The van der Waals surface area contributed by atoms with E-state index in [0.717, 1.165) is 24.0 Å². The molecule has 9 atom stereocenters. The number of amides is 1. The number of aliphatic hydroxyl groups is 2. The summed E-state index contributed by atoms with van der Waals surface area (Å²) in [6.45, 7) is 10.9. The Balaban J connectivity index is 1.59. The van der Waals surface area contributed by atoms with Gasteiger partial charge in [-0.05, 0) is 81.3 Å². The van der Waals surface area contributed by atoms with Crippen molar-refractivity contribution in [2.75, 3.05) is 0 Å². The Kier molecular flexibility index (Phi) is 13.7. The number of aliphatic carboxylic acids is 1. The lowest BCUT2D eigenvalue weighted by Gasteiger charge is -2.53. The van der Waals surface area contributed by atoms with Crippen molar-refractivity contribution in [2.45, 2.75) is 123 Å². The summed E-state index contributed by atoms with van der Waals surface area (Å²) in [7, 11) is 0. The quantitative estimate of drug-likeness (QED) is 0.168. The first-order valence-corrected chi connectivity index (χ1v) is 18.1. The van der Waals surface area contributed by atoms with Crippen LogP contribution in [-0.2, 0) is 32.2 Å². The maximum Gasteiger partial charge on any atom is 0.410 e. The van der Waals surface area contributed by atoms with E-state index in [1.54, 1.807) is 4.90 Å². The van der Waals surface area contributed by atoms with Crippen LogP contribution < -0.4 is 0 Å². The molecule has 0 aromatic heterocycles. The average molecular weight is 680 g/mol. The minimum absolute atomic E-state index is 0.0134. The molecular formula is C40H57NO8. The minimum Gasteiger partial charge on any atom is -0.481 e. The summed E-state index contributed by atoms with van der Waals surface area (Å²) in [5.74, 6) is -1.16. The summed E-state index contributed by atoms with van der Waals surface area (Å²) in [6, 6.07) is 19.8. The van der Waals surface area contributed by atoms with Gasteiger partial charge in [-0.3, -0.25) is 14.5 Å². The number of rotatable bonds is 15. The van der Waals surface area contributed by atoms with Crippen molar-refractivity contribution in [3.63, 3.8) is 0 Å².